The van der Waals surface area contributed by atoms with Gasteiger partial charge in [0.2, 0.25) is 0 Å². The van der Waals surface area contributed by atoms with Gasteiger partial charge in [-0.25, -0.2) is 9.18 Å². The molecule has 10 heteroatoms. The van der Waals surface area contributed by atoms with Gasteiger partial charge in [0.25, 0.3) is 5.56 Å². The van der Waals surface area contributed by atoms with Crippen molar-refractivity contribution < 1.29 is 18.8 Å². The van der Waals surface area contributed by atoms with Crippen LogP contribution in [0.3, 0.4) is 0 Å². The molecule has 2 N–H and O–H groups in total. The van der Waals surface area contributed by atoms with Crippen LogP contribution in [0.2, 0.25) is 0 Å². The van der Waals surface area contributed by atoms with Crippen LogP contribution in [0, 0.1) is 5.82 Å². The number of carboxylic acid groups (broad SMARTS) is 1. The van der Waals surface area contributed by atoms with Gasteiger partial charge in [-0.2, -0.15) is 9.97 Å². The minimum Gasteiger partial charge on any atom is -0.609 e. The van der Waals surface area contributed by atoms with E-state index in [1.54, 1.807) is 0 Å². The normalized spacial score (nSPS) is 12.1. The third kappa shape index (κ3) is 3.30. The zero-order chi connectivity index (χ0) is 18.1. The maximum Gasteiger partial charge on any atom is 0.409 e. The minimum absolute atomic E-state index is 0.00734. The van der Waals surface area contributed by atoms with Gasteiger partial charge < -0.3 is 9.66 Å². The average molecular weight is 362 g/mol. The predicted octanol–water partition coefficient (Wildman–Crippen LogP) is 1.75. The van der Waals surface area contributed by atoms with Gasteiger partial charge in [0.1, 0.15) is 12.1 Å². The SMILES string of the molecule is C[S+]([O-])c1ncc2ccc(=O)n(-c3cc(NC(=O)O)ccc3F)c2n1. The second-order valence-corrected chi connectivity index (χ2v) is 6.26. The van der Waals surface area contributed by atoms with Crippen molar-refractivity contribution in [3.05, 3.63) is 52.7 Å². The molecular formula is C15H11FN4O4S. The van der Waals surface area contributed by atoms with E-state index in [0.717, 1.165) is 10.6 Å². The molecule has 25 heavy (non-hydrogen) atoms. The molecule has 1 unspecified atom stereocenters. The monoisotopic (exact) mass is 362 g/mol. The van der Waals surface area contributed by atoms with E-state index in [1.807, 2.05) is 0 Å². The fraction of sp³-hybridized carbons (Fsp3) is 0.0667. The Labute approximate surface area is 143 Å². The highest BCUT2D eigenvalue weighted by molar-refractivity contribution is 7.90. The molecule has 0 fully saturated rings. The number of carbonyl (C=O) groups is 1. The van der Waals surface area contributed by atoms with Crippen LogP contribution in [0.25, 0.3) is 16.7 Å². The standard InChI is InChI=1S/C15H11FN4O4S/c1-25(24)14-17-7-8-2-5-12(21)20(13(8)19-14)11-6-9(18-15(22)23)3-4-10(11)16/h2-7,18H,1H3,(H,22,23). The van der Waals surface area contributed by atoms with Crippen LogP contribution in [0.4, 0.5) is 14.9 Å². The number of nitrogens with zero attached hydrogens (tertiary/aromatic N) is 3. The lowest BCUT2D eigenvalue weighted by Gasteiger charge is -2.12. The Bertz CT molecular complexity index is 1040. The summed E-state index contributed by atoms with van der Waals surface area (Å²) in [5, 5.41) is 11.3. The molecule has 2 aromatic heterocycles. The molecule has 0 aliphatic rings. The highest BCUT2D eigenvalue weighted by atomic mass is 32.2. The molecule has 0 saturated heterocycles. The number of halogens is 1. The van der Waals surface area contributed by atoms with Crippen LogP contribution in [0.1, 0.15) is 0 Å². The van der Waals surface area contributed by atoms with Crippen LogP contribution >= 0.6 is 0 Å². The number of fused-ring (bicyclic) bond motifs is 1. The molecule has 2 heterocycles. The van der Waals surface area contributed by atoms with Crippen molar-refractivity contribution in [1.82, 2.24) is 14.5 Å². The molecule has 0 saturated carbocycles. The van der Waals surface area contributed by atoms with Crippen LogP contribution in [0.15, 0.2) is 46.5 Å². The molecular weight excluding hydrogens is 351 g/mol. The topological polar surface area (TPSA) is 120 Å². The van der Waals surface area contributed by atoms with Crippen molar-refractivity contribution in [1.29, 1.82) is 0 Å². The van der Waals surface area contributed by atoms with Crippen LogP contribution < -0.4 is 10.9 Å². The number of aromatic nitrogens is 3. The van der Waals surface area contributed by atoms with Gasteiger partial charge in [0.15, 0.2) is 5.65 Å². The van der Waals surface area contributed by atoms with Crippen molar-refractivity contribution in [2.75, 3.05) is 11.6 Å². The smallest absolute Gasteiger partial charge is 0.409 e. The van der Waals surface area contributed by atoms with E-state index in [-0.39, 0.29) is 22.2 Å². The van der Waals surface area contributed by atoms with Crippen LogP contribution in [0.5, 0.6) is 0 Å². The Kier molecular flexibility index (Phi) is 4.38. The molecule has 3 rings (SSSR count). The minimum atomic E-state index is -1.50. The average Bonchev–Trinajstić information content (AvgIpc) is 2.56. The maximum atomic E-state index is 14.3. The molecule has 0 bridgehead atoms. The summed E-state index contributed by atoms with van der Waals surface area (Å²) in [4.78, 5) is 31.1. The summed E-state index contributed by atoms with van der Waals surface area (Å²) in [6.45, 7) is 0. The largest absolute Gasteiger partial charge is 0.609 e. The summed E-state index contributed by atoms with van der Waals surface area (Å²) < 4.78 is 26.9. The lowest BCUT2D eigenvalue weighted by atomic mass is 10.2. The third-order valence-corrected chi connectivity index (χ3v) is 4.02. The number of benzene rings is 1. The van der Waals surface area contributed by atoms with Crippen molar-refractivity contribution in [2.24, 2.45) is 0 Å². The molecule has 1 aromatic carbocycles. The van der Waals surface area contributed by atoms with E-state index in [4.69, 9.17) is 5.11 Å². The molecule has 0 aliphatic heterocycles. The van der Waals surface area contributed by atoms with Crippen LogP contribution in [-0.2, 0) is 11.2 Å². The Hall–Kier alpha value is -2.98. The fourth-order valence-corrected chi connectivity index (χ4v) is 2.68. The molecule has 1 atom stereocenters. The van der Waals surface area contributed by atoms with E-state index >= 15 is 0 Å². The first-order valence-electron chi connectivity index (χ1n) is 6.89. The number of hydrogen-bond acceptors (Lipinski definition) is 5. The molecule has 8 nitrogen and oxygen atoms in total. The third-order valence-electron chi connectivity index (χ3n) is 3.31. The van der Waals surface area contributed by atoms with Crippen molar-refractivity contribution in [3.8, 4) is 5.69 Å². The van der Waals surface area contributed by atoms with Crippen LogP contribution in [-0.4, -0.2) is 36.5 Å². The number of pyridine rings is 1. The van der Waals surface area contributed by atoms with Crippen molar-refractivity contribution in [3.63, 3.8) is 0 Å². The van der Waals surface area contributed by atoms with Gasteiger partial charge in [0, 0.05) is 34.5 Å². The van der Waals surface area contributed by atoms with Crippen molar-refractivity contribution >= 4 is 34.0 Å². The molecule has 0 radical (unpaired) electrons. The zero-order valence-corrected chi connectivity index (χ0v) is 13.6. The van der Waals surface area contributed by atoms with Gasteiger partial charge in [0.05, 0.1) is 5.69 Å². The molecule has 3 aromatic rings. The van der Waals surface area contributed by atoms with Gasteiger partial charge >= 0.3 is 11.2 Å². The summed E-state index contributed by atoms with van der Waals surface area (Å²) in [5.41, 5.74) is -0.612. The second-order valence-electron chi connectivity index (χ2n) is 4.99. The molecule has 0 aliphatic carbocycles. The number of rotatable bonds is 3. The Morgan fingerprint density at radius 2 is 2.12 bits per heavy atom. The maximum absolute atomic E-state index is 14.3. The summed E-state index contributed by atoms with van der Waals surface area (Å²) in [6, 6.07) is 6.12. The summed E-state index contributed by atoms with van der Waals surface area (Å²) in [5.74, 6) is -0.747. The Morgan fingerprint density at radius 1 is 1.36 bits per heavy atom. The predicted molar refractivity (Wildman–Crippen MR) is 89.1 cm³/mol. The van der Waals surface area contributed by atoms with E-state index in [9.17, 15) is 18.5 Å². The van der Waals surface area contributed by atoms with E-state index in [0.29, 0.717) is 5.39 Å². The fourth-order valence-electron chi connectivity index (χ4n) is 2.26. The van der Waals surface area contributed by atoms with E-state index in [1.165, 1.54) is 36.7 Å². The van der Waals surface area contributed by atoms with E-state index < -0.39 is 28.6 Å². The van der Waals surface area contributed by atoms with E-state index in [2.05, 4.69) is 15.3 Å². The number of amides is 1. The molecule has 128 valence electrons. The first kappa shape index (κ1) is 16.9. The highest BCUT2D eigenvalue weighted by Crippen LogP contribution is 2.21. The lowest BCUT2D eigenvalue weighted by molar-refractivity contribution is 0.209. The first-order chi connectivity index (χ1) is 11.9. The molecule has 1 amide bonds. The Morgan fingerprint density at radius 3 is 2.80 bits per heavy atom. The number of nitrogens with one attached hydrogen (secondary N) is 1. The summed E-state index contributed by atoms with van der Waals surface area (Å²) >= 11 is -1.50. The summed E-state index contributed by atoms with van der Waals surface area (Å²) in [6.07, 6.45) is 1.44. The number of anilines is 1. The van der Waals surface area contributed by atoms with Gasteiger partial charge in [-0.05, 0) is 24.3 Å². The highest BCUT2D eigenvalue weighted by Gasteiger charge is 2.16. The Balaban J connectivity index is 2.31. The van der Waals surface area contributed by atoms with Gasteiger partial charge in [-0.15, -0.1) is 0 Å². The second kappa shape index (κ2) is 6.49. The molecule has 0 spiro atoms. The number of hydrogen-bond donors (Lipinski definition) is 2. The summed E-state index contributed by atoms with van der Waals surface area (Å²) in [7, 11) is 0. The zero-order valence-electron chi connectivity index (χ0n) is 12.8. The van der Waals surface area contributed by atoms with Gasteiger partial charge in [-0.1, -0.05) is 0 Å². The quantitative estimate of drug-likeness (QED) is 0.541. The first-order valence-corrected chi connectivity index (χ1v) is 8.45. The van der Waals surface area contributed by atoms with Crippen molar-refractivity contribution in [2.45, 2.75) is 5.16 Å². The lowest BCUT2D eigenvalue weighted by Crippen LogP contribution is -2.21. The van der Waals surface area contributed by atoms with Gasteiger partial charge in [-0.3, -0.25) is 14.7 Å².